The van der Waals surface area contributed by atoms with E-state index in [4.69, 9.17) is 9.84 Å². The topological polar surface area (TPSA) is 75.6 Å². The predicted molar refractivity (Wildman–Crippen MR) is 60.1 cm³/mol. The number of carboxylic acids is 1. The number of carbonyl (C=O) groups excluding carboxylic acids is 1. The summed E-state index contributed by atoms with van der Waals surface area (Å²) in [4.78, 5) is 22.5. The van der Waals surface area contributed by atoms with Crippen molar-refractivity contribution < 1.29 is 19.4 Å². The third kappa shape index (κ3) is 4.61. The van der Waals surface area contributed by atoms with Crippen molar-refractivity contribution in [1.82, 2.24) is 5.32 Å². The molecule has 0 aliphatic rings. The normalized spacial score (nSPS) is 13.6. The Hall–Kier alpha value is -1.10. The Morgan fingerprint density at radius 1 is 1.38 bits per heavy atom. The molecule has 0 spiro atoms. The number of rotatable bonds is 6. The monoisotopic (exact) mass is 231 g/mol. The molecule has 0 heterocycles. The first kappa shape index (κ1) is 14.9. The molecule has 0 aromatic carbocycles. The molecule has 0 aliphatic heterocycles. The van der Waals surface area contributed by atoms with Crippen LogP contribution in [-0.4, -0.2) is 35.7 Å². The molecule has 16 heavy (non-hydrogen) atoms. The average Bonchev–Trinajstić information content (AvgIpc) is 2.12. The second-order valence-corrected chi connectivity index (χ2v) is 4.74. The minimum Gasteiger partial charge on any atom is -0.480 e. The minimum atomic E-state index is -1.09. The highest BCUT2D eigenvalue weighted by Gasteiger charge is 2.36. The fourth-order valence-electron chi connectivity index (χ4n) is 1.24. The van der Waals surface area contributed by atoms with E-state index in [1.807, 2.05) is 13.8 Å². The van der Waals surface area contributed by atoms with Crippen LogP contribution in [0.3, 0.4) is 0 Å². The molecule has 1 amide bonds. The molecule has 2 N–H and O–H groups in total. The number of hydrogen-bond donors (Lipinski definition) is 2. The summed E-state index contributed by atoms with van der Waals surface area (Å²) in [5, 5.41) is 11.5. The smallest absolute Gasteiger partial charge is 0.329 e. The largest absolute Gasteiger partial charge is 0.480 e. The Labute approximate surface area is 96.2 Å². The van der Waals surface area contributed by atoms with Crippen molar-refractivity contribution in [3.8, 4) is 0 Å². The van der Waals surface area contributed by atoms with E-state index in [2.05, 4.69) is 5.32 Å². The predicted octanol–water partition coefficient (Wildman–Crippen LogP) is 1.03. The molecule has 0 aromatic rings. The standard InChI is InChI=1S/C11H21NO4/c1-7(2)6-8(13)12-9(10(14)15)11(3,4)16-5/h7,9H,6H2,1-5H3,(H,12,13)(H,14,15)/t9-/m1/s1. The van der Waals surface area contributed by atoms with Crippen LogP contribution in [0.2, 0.25) is 0 Å². The van der Waals surface area contributed by atoms with Gasteiger partial charge in [0.15, 0.2) is 6.04 Å². The molecule has 0 unspecified atom stereocenters. The molecule has 0 aromatic heterocycles. The molecule has 0 rings (SSSR count). The fourth-order valence-corrected chi connectivity index (χ4v) is 1.24. The number of carboxylic acid groups (broad SMARTS) is 1. The van der Waals surface area contributed by atoms with Gasteiger partial charge in [-0.15, -0.1) is 0 Å². The minimum absolute atomic E-state index is 0.195. The molecule has 94 valence electrons. The van der Waals surface area contributed by atoms with E-state index in [0.29, 0.717) is 6.42 Å². The average molecular weight is 231 g/mol. The summed E-state index contributed by atoms with van der Waals surface area (Å²) in [6, 6.07) is -1.04. The Morgan fingerprint density at radius 3 is 2.19 bits per heavy atom. The van der Waals surface area contributed by atoms with Gasteiger partial charge in [0.1, 0.15) is 0 Å². The van der Waals surface area contributed by atoms with E-state index < -0.39 is 17.6 Å². The maximum atomic E-state index is 11.5. The van der Waals surface area contributed by atoms with Crippen molar-refractivity contribution in [2.75, 3.05) is 7.11 Å². The van der Waals surface area contributed by atoms with Gasteiger partial charge in [-0.2, -0.15) is 0 Å². The van der Waals surface area contributed by atoms with Crippen molar-refractivity contribution in [2.45, 2.75) is 45.8 Å². The molecule has 0 aliphatic carbocycles. The third-order valence-corrected chi connectivity index (χ3v) is 2.37. The number of nitrogens with one attached hydrogen (secondary N) is 1. The van der Waals surface area contributed by atoms with Gasteiger partial charge in [0.25, 0.3) is 0 Å². The van der Waals surface area contributed by atoms with Crippen LogP contribution in [0, 0.1) is 5.92 Å². The van der Waals surface area contributed by atoms with Crippen LogP contribution in [0.25, 0.3) is 0 Å². The lowest BCUT2D eigenvalue weighted by Gasteiger charge is -2.30. The maximum absolute atomic E-state index is 11.5. The lowest BCUT2D eigenvalue weighted by Crippen LogP contribution is -2.55. The Balaban J connectivity index is 4.59. The second-order valence-electron chi connectivity index (χ2n) is 4.74. The summed E-state index contributed by atoms with van der Waals surface area (Å²) < 4.78 is 5.07. The molecule has 0 radical (unpaired) electrons. The van der Waals surface area contributed by atoms with E-state index in [-0.39, 0.29) is 11.8 Å². The van der Waals surface area contributed by atoms with Gasteiger partial charge < -0.3 is 15.2 Å². The highest BCUT2D eigenvalue weighted by molar-refractivity contribution is 5.84. The molecule has 0 bridgehead atoms. The van der Waals surface area contributed by atoms with Gasteiger partial charge in [-0.05, 0) is 19.8 Å². The van der Waals surface area contributed by atoms with Gasteiger partial charge in [0.05, 0.1) is 5.60 Å². The molecular weight excluding hydrogens is 210 g/mol. The molecule has 0 fully saturated rings. The zero-order chi connectivity index (χ0) is 12.9. The number of methoxy groups -OCH3 is 1. The number of aliphatic carboxylic acids is 1. The summed E-state index contributed by atoms with van der Waals surface area (Å²) in [7, 11) is 1.42. The van der Waals surface area contributed by atoms with Crippen LogP contribution in [0.1, 0.15) is 34.1 Å². The zero-order valence-electron chi connectivity index (χ0n) is 10.5. The molecule has 5 nitrogen and oxygen atoms in total. The van der Waals surface area contributed by atoms with Gasteiger partial charge in [-0.3, -0.25) is 4.79 Å². The van der Waals surface area contributed by atoms with Crippen LogP contribution >= 0.6 is 0 Å². The first-order valence-electron chi connectivity index (χ1n) is 5.28. The number of carbonyl (C=O) groups is 2. The van der Waals surface area contributed by atoms with E-state index in [0.717, 1.165) is 0 Å². The van der Waals surface area contributed by atoms with E-state index in [9.17, 15) is 9.59 Å². The van der Waals surface area contributed by atoms with Crippen LogP contribution < -0.4 is 5.32 Å². The molecule has 0 saturated heterocycles. The summed E-state index contributed by atoms with van der Waals surface area (Å²) in [6.45, 7) is 7.05. The lowest BCUT2D eigenvalue weighted by atomic mass is 9.98. The van der Waals surface area contributed by atoms with Crippen LogP contribution in [0.4, 0.5) is 0 Å². The van der Waals surface area contributed by atoms with Gasteiger partial charge in [-0.1, -0.05) is 13.8 Å². The van der Waals surface area contributed by atoms with Crippen LogP contribution in [0.5, 0.6) is 0 Å². The maximum Gasteiger partial charge on any atom is 0.329 e. The summed E-state index contributed by atoms with van der Waals surface area (Å²) in [6.07, 6.45) is 0.309. The summed E-state index contributed by atoms with van der Waals surface area (Å²) >= 11 is 0. The van der Waals surface area contributed by atoms with Crippen LogP contribution in [0.15, 0.2) is 0 Å². The molecule has 5 heteroatoms. The van der Waals surface area contributed by atoms with Crippen molar-refractivity contribution in [1.29, 1.82) is 0 Å². The van der Waals surface area contributed by atoms with Crippen molar-refractivity contribution in [3.05, 3.63) is 0 Å². The first-order valence-corrected chi connectivity index (χ1v) is 5.28. The van der Waals surface area contributed by atoms with Gasteiger partial charge >= 0.3 is 5.97 Å². The van der Waals surface area contributed by atoms with Gasteiger partial charge in [0, 0.05) is 13.5 Å². The first-order chi connectivity index (χ1) is 7.20. The fraction of sp³-hybridized carbons (Fsp3) is 0.818. The zero-order valence-corrected chi connectivity index (χ0v) is 10.5. The van der Waals surface area contributed by atoms with E-state index >= 15 is 0 Å². The van der Waals surface area contributed by atoms with Gasteiger partial charge in [-0.25, -0.2) is 4.79 Å². The highest BCUT2D eigenvalue weighted by Crippen LogP contribution is 2.14. The quantitative estimate of drug-likeness (QED) is 0.715. The van der Waals surface area contributed by atoms with E-state index in [1.165, 1.54) is 7.11 Å². The SMILES string of the molecule is COC(C)(C)[C@H](NC(=O)CC(C)C)C(=O)O. The molecular formula is C11H21NO4. The van der Waals surface area contributed by atoms with Crippen LogP contribution in [-0.2, 0) is 14.3 Å². The second kappa shape index (κ2) is 5.84. The molecule has 1 atom stereocenters. The van der Waals surface area contributed by atoms with Crippen molar-refractivity contribution in [3.63, 3.8) is 0 Å². The Bertz CT molecular complexity index is 261. The Kier molecular flexibility index (Phi) is 5.44. The third-order valence-electron chi connectivity index (χ3n) is 2.37. The summed E-state index contributed by atoms with van der Waals surface area (Å²) in [5.41, 5.74) is -0.932. The number of hydrogen-bond acceptors (Lipinski definition) is 3. The van der Waals surface area contributed by atoms with Crippen molar-refractivity contribution in [2.24, 2.45) is 5.92 Å². The van der Waals surface area contributed by atoms with E-state index in [1.54, 1.807) is 13.8 Å². The van der Waals surface area contributed by atoms with Gasteiger partial charge in [0.2, 0.25) is 5.91 Å². The number of amides is 1. The number of ether oxygens (including phenoxy) is 1. The molecule has 0 saturated carbocycles. The van der Waals surface area contributed by atoms with Crippen molar-refractivity contribution >= 4 is 11.9 Å². The summed E-state index contributed by atoms with van der Waals surface area (Å²) in [5.74, 6) is -1.17. The lowest BCUT2D eigenvalue weighted by molar-refractivity contribution is -0.150. The Morgan fingerprint density at radius 2 is 1.88 bits per heavy atom. The highest BCUT2D eigenvalue weighted by atomic mass is 16.5.